The van der Waals surface area contributed by atoms with E-state index in [-0.39, 0.29) is 10.6 Å². The molecule has 0 saturated carbocycles. The summed E-state index contributed by atoms with van der Waals surface area (Å²) in [4.78, 5) is 0. The number of alkyl halides is 3. The maximum absolute atomic E-state index is 12.8. The molecule has 0 unspecified atom stereocenters. The highest BCUT2D eigenvalue weighted by atomic mass is 35.5. The molecule has 0 aliphatic carbocycles. The maximum atomic E-state index is 12.8. The Bertz CT molecular complexity index is 396. The fraction of sp³-hybridized carbons (Fsp3) is 0.400. The molecule has 3 N–H and O–H groups in total. The Balaban J connectivity index is 2.76. The number of hydrogen-bond donors (Lipinski definition) is 2. The van der Waals surface area contributed by atoms with Gasteiger partial charge in [0.1, 0.15) is 11.9 Å². The zero-order chi connectivity index (χ0) is 13.2. The Morgan fingerprint density at radius 2 is 1.94 bits per heavy atom. The molecule has 0 radical (unpaired) electrons. The first-order valence-electron chi connectivity index (χ1n) is 4.67. The highest BCUT2D eigenvalue weighted by molar-refractivity contribution is 6.30. The van der Waals surface area contributed by atoms with Gasteiger partial charge in [-0.3, -0.25) is 0 Å². The molecule has 2 atom stereocenters. The Hall–Kier alpha value is -0.850. The first-order chi connectivity index (χ1) is 7.71. The fourth-order valence-electron chi connectivity index (χ4n) is 1.23. The molecule has 0 heterocycles. The third kappa shape index (κ3) is 3.83. The molecule has 0 aliphatic heterocycles. The number of halogens is 5. The SMILES string of the molecule is N[C@H](C[C@@H](O)c1ccc(F)c(Cl)c1)C(F)(F)F. The third-order valence-corrected chi connectivity index (χ3v) is 2.52. The Morgan fingerprint density at radius 1 is 1.35 bits per heavy atom. The Labute approximate surface area is 100.0 Å². The van der Waals surface area contributed by atoms with Crippen LogP contribution in [0.3, 0.4) is 0 Å². The first-order valence-corrected chi connectivity index (χ1v) is 5.05. The van der Waals surface area contributed by atoms with Gasteiger partial charge in [-0.1, -0.05) is 17.7 Å². The van der Waals surface area contributed by atoms with E-state index in [1.54, 1.807) is 0 Å². The highest BCUT2D eigenvalue weighted by Crippen LogP contribution is 2.28. The molecule has 1 rings (SSSR count). The van der Waals surface area contributed by atoms with Crippen molar-refractivity contribution in [2.75, 3.05) is 0 Å². The van der Waals surface area contributed by atoms with Crippen LogP contribution >= 0.6 is 11.6 Å². The monoisotopic (exact) mass is 271 g/mol. The van der Waals surface area contributed by atoms with Crippen LogP contribution in [-0.4, -0.2) is 17.3 Å². The van der Waals surface area contributed by atoms with E-state index >= 15 is 0 Å². The van der Waals surface area contributed by atoms with Gasteiger partial charge < -0.3 is 10.8 Å². The minimum Gasteiger partial charge on any atom is -0.388 e. The zero-order valence-electron chi connectivity index (χ0n) is 8.51. The van der Waals surface area contributed by atoms with Crippen molar-refractivity contribution in [1.82, 2.24) is 0 Å². The molecule has 0 aliphatic rings. The number of aliphatic hydroxyl groups excluding tert-OH is 1. The molecule has 7 heteroatoms. The molecule has 0 bridgehead atoms. The molecule has 0 fully saturated rings. The summed E-state index contributed by atoms with van der Waals surface area (Å²) in [5.41, 5.74) is 4.96. The molecule has 0 aromatic heterocycles. The van der Waals surface area contributed by atoms with Crippen LogP contribution in [0.2, 0.25) is 5.02 Å². The summed E-state index contributed by atoms with van der Waals surface area (Å²) in [7, 11) is 0. The summed E-state index contributed by atoms with van der Waals surface area (Å²) < 4.78 is 49.2. The molecule has 1 aromatic rings. The highest BCUT2D eigenvalue weighted by Gasteiger charge is 2.37. The van der Waals surface area contributed by atoms with Gasteiger partial charge in [-0.2, -0.15) is 13.2 Å². The molecule has 96 valence electrons. The van der Waals surface area contributed by atoms with Crippen LogP contribution in [0.4, 0.5) is 17.6 Å². The normalized spacial score (nSPS) is 15.7. The van der Waals surface area contributed by atoms with Crippen LogP contribution in [0.1, 0.15) is 18.1 Å². The van der Waals surface area contributed by atoms with Crippen molar-refractivity contribution >= 4 is 11.6 Å². The van der Waals surface area contributed by atoms with Crippen LogP contribution in [0.25, 0.3) is 0 Å². The Kier molecular flexibility index (Phi) is 4.35. The van der Waals surface area contributed by atoms with E-state index in [1.807, 2.05) is 0 Å². The van der Waals surface area contributed by atoms with Crippen molar-refractivity contribution in [2.45, 2.75) is 24.7 Å². The number of aliphatic hydroxyl groups is 1. The van der Waals surface area contributed by atoms with Gasteiger partial charge in [-0.25, -0.2) is 4.39 Å². The summed E-state index contributed by atoms with van der Waals surface area (Å²) in [6.07, 6.45) is -6.72. The zero-order valence-corrected chi connectivity index (χ0v) is 9.26. The quantitative estimate of drug-likeness (QED) is 0.831. The van der Waals surface area contributed by atoms with Crippen molar-refractivity contribution in [3.8, 4) is 0 Å². The standard InChI is InChI=1S/C10H10ClF4NO/c11-6-3-5(1-2-7(6)12)8(17)4-9(16)10(13,14)15/h1-3,8-9,17H,4,16H2/t8-,9-/m1/s1. The third-order valence-electron chi connectivity index (χ3n) is 2.23. The Morgan fingerprint density at radius 3 is 2.41 bits per heavy atom. The van der Waals surface area contributed by atoms with Crippen molar-refractivity contribution in [1.29, 1.82) is 0 Å². The van der Waals surface area contributed by atoms with Gasteiger partial charge in [-0.05, 0) is 17.7 Å². The van der Waals surface area contributed by atoms with Crippen LogP contribution in [0.15, 0.2) is 18.2 Å². The van der Waals surface area contributed by atoms with Gasteiger partial charge >= 0.3 is 6.18 Å². The molecule has 17 heavy (non-hydrogen) atoms. The average Bonchev–Trinajstić information content (AvgIpc) is 2.20. The predicted octanol–water partition coefficient (Wildman–Crippen LogP) is 2.79. The lowest BCUT2D eigenvalue weighted by molar-refractivity contribution is -0.153. The number of benzene rings is 1. The molecule has 1 aromatic carbocycles. The summed E-state index contributed by atoms with van der Waals surface area (Å²) >= 11 is 5.44. The lowest BCUT2D eigenvalue weighted by Gasteiger charge is -2.19. The minimum absolute atomic E-state index is 0.0936. The summed E-state index contributed by atoms with van der Waals surface area (Å²) in [5, 5.41) is 9.25. The van der Waals surface area contributed by atoms with E-state index in [1.165, 1.54) is 0 Å². The topological polar surface area (TPSA) is 46.2 Å². The van der Waals surface area contributed by atoms with Crippen molar-refractivity contribution < 1.29 is 22.7 Å². The average molecular weight is 272 g/mol. The molecule has 0 spiro atoms. The van der Waals surface area contributed by atoms with E-state index in [0.29, 0.717) is 0 Å². The largest absolute Gasteiger partial charge is 0.403 e. The molecular formula is C10H10ClF4NO. The first kappa shape index (κ1) is 14.2. The summed E-state index contributed by atoms with van der Waals surface area (Å²) in [5.74, 6) is -0.706. The van der Waals surface area contributed by atoms with Crippen LogP contribution < -0.4 is 5.73 Å². The smallest absolute Gasteiger partial charge is 0.388 e. The fourth-order valence-corrected chi connectivity index (χ4v) is 1.42. The van der Waals surface area contributed by atoms with E-state index in [9.17, 15) is 22.7 Å². The van der Waals surface area contributed by atoms with Crippen LogP contribution in [-0.2, 0) is 0 Å². The summed E-state index contributed by atoms with van der Waals surface area (Å²) in [6.45, 7) is 0. The summed E-state index contributed by atoms with van der Waals surface area (Å²) in [6, 6.07) is 1.07. The van der Waals surface area contributed by atoms with Gasteiger partial charge in [0.05, 0.1) is 11.1 Å². The number of nitrogens with two attached hydrogens (primary N) is 1. The van der Waals surface area contributed by atoms with Gasteiger partial charge in [0.15, 0.2) is 0 Å². The van der Waals surface area contributed by atoms with Crippen molar-refractivity contribution in [3.05, 3.63) is 34.6 Å². The maximum Gasteiger partial charge on any atom is 0.403 e. The van der Waals surface area contributed by atoms with Crippen LogP contribution in [0.5, 0.6) is 0 Å². The van der Waals surface area contributed by atoms with E-state index in [0.717, 1.165) is 18.2 Å². The molecular weight excluding hydrogens is 262 g/mol. The van der Waals surface area contributed by atoms with E-state index < -0.39 is 30.6 Å². The van der Waals surface area contributed by atoms with Gasteiger partial charge in [-0.15, -0.1) is 0 Å². The lowest BCUT2D eigenvalue weighted by atomic mass is 10.0. The van der Waals surface area contributed by atoms with E-state index in [4.69, 9.17) is 17.3 Å². The van der Waals surface area contributed by atoms with Crippen LogP contribution in [0, 0.1) is 5.82 Å². The van der Waals surface area contributed by atoms with Crippen molar-refractivity contribution in [3.63, 3.8) is 0 Å². The minimum atomic E-state index is -4.58. The van der Waals surface area contributed by atoms with Gasteiger partial charge in [0, 0.05) is 6.42 Å². The lowest BCUT2D eigenvalue weighted by Crippen LogP contribution is -2.38. The number of rotatable bonds is 3. The van der Waals surface area contributed by atoms with Gasteiger partial charge in [0.25, 0.3) is 0 Å². The second kappa shape index (κ2) is 5.20. The van der Waals surface area contributed by atoms with E-state index in [2.05, 4.69) is 0 Å². The molecule has 0 saturated heterocycles. The van der Waals surface area contributed by atoms with Crippen molar-refractivity contribution in [2.24, 2.45) is 5.73 Å². The number of hydrogen-bond acceptors (Lipinski definition) is 2. The molecule has 0 amide bonds. The second-order valence-corrected chi connectivity index (χ2v) is 3.98. The molecule has 2 nitrogen and oxygen atoms in total. The predicted molar refractivity (Wildman–Crippen MR) is 55.0 cm³/mol. The second-order valence-electron chi connectivity index (χ2n) is 3.57. The van der Waals surface area contributed by atoms with Gasteiger partial charge in [0.2, 0.25) is 0 Å².